The number of carbonyl (C=O) groups excluding carboxylic acids is 12. The number of fused-ring (bicyclic) bond motifs is 5. The molecule has 1 fully saturated rings. The summed E-state index contributed by atoms with van der Waals surface area (Å²) in [7, 11) is 1.48. The van der Waals surface area contributed by atoms with Gasteiger partial charge in [0, 0.05) is 87.3 Å². The zero-order valence-corrected chi connectivity index (χ0v) is 48.2. The second-order valence-corrected chi connectivity index (χ2v) is 22.5. The number of thioether (sulfide) groups is 1. The number of aliphatic hydroxyl groups excluding tert-OH is 2. The lowest BCUT2D eigenvalue weighted by molar-refractivity contribution is -0.144. The summed E-state index contributed by atoms with van der Waals surface area (Å²) in [6, 6.07) is -2.32. The number of hydrogen-bond donors (Lipinski definition) is 11. The Labute approximate surface area is 484 Å². The van der Waals surface area contributed by atoms with E-state index in [-0.39, 0.29) is 62.4 Å². The van der Waals surface area contributed by atoms with Gasteiger partial charge in [-0.15, -0.1) is 11.8 Å². The molecule has 1 aromatic heterocycles. The number of imide groups is 1. The van der Waals surface area contributed by atoms with E-state index in [1.165, 1.54) is 33.1 Å². The monoisotopic (exact) mass is 1180 g/mol. The molecule has 10 atom stereocenters. The Morgan fingerprint density at radius 3 is 2.19 bits per heavy atom. The molecule has 0 spiro atoms. The minimum absolute atomic E-state index is 0.173. The topological polar surface area (TPSA) is 388 Å². The van der Waals surface area contributed by atoms with Crippen LogP contribution in [-0.4, -0.2) is 190 Å². The molecule has 27 nitrogen and oxygen atoms in total. The number of benzene rings is 1. The molecule has 12 N–H and O–H groups in total. The summed E-state index contributed by atoms with van der Waals surface area (Å²) in [5.41, 5.74) is 6.69. The lowest BCUT2D eigenvalue weighted by Gasteiger charge is -2.32. The van der Waals surface area contributed by atoms with E-state index in [2.05, 4.69) is 42.5 Å². The molecule has 1 aromatic carbocycles. The maximum Gasteiger partial charge on any atom is 0.253 e. The summed E-state index contributed by atoms with van der Waals surface area (Å²) in [5, 5.41) is 44.2. The Morgan fingerprint density at radius 2 is 1.51 bits per heavy atom. The quantitative estimate of drug-likeness (QED) is 0.0543. The number of nitrogens with zero attached hydrogens (tertiary/aromatic N) is 3. The molecule has 454 valence electrons. The Kier molecular flexibility index (Phi) is 23.4. The fourth-order valence-corrected chi connectivity index (χ4v) is 11.6. The van der Waals surface area contributed by atoms with Crippen LogP contribution in [0.2, 0.25) is 0 Å². The largest absolute Gasteiger partial charge is 0.497 e. The number of nitrogens with one attached hydrogen (secondary N) is 8. The van der Waals surface area contributed by atoms with Crippen molar-refractivity contribution in [3.05, 3.63) is 35.9 Å². The van der Waals surface area contributed by atoms with Crippen LogP contribution in [0.4, 0.5) is 0 Å². The van der Waals surface area contributed by atoms with E-state index in [0.717, 1.165) is 21.6 Å². The Balaban J connectivity index is 1.43. The van der Waals surface area contributed by atoms with Crippen LogP contribution in [0.5, 0.6) is 5.75 Å². The molecule has 4 aliphatic heterocycles. The number of ether oxygens (including phenoxy) is 1. The molecule has 1 unspecified atom stereocenters. The van der Waals surface area contributed by atoms with Gasteiger partial charge in [0.15, 0.2) is 0 Å². The van der Waals surface area contributed by atoms with Gasteiger partial charge in [0.1, 0.15) is 36.0 Å². The summed E-state index contributed by atoms with van der Waals surface area (Å²) in [5.74, 6) is -11.3. The van der Waals surface area contributed by atoms with Crippen LogP contribution in [-0.2, 0) is 70.5 Å². The third-order valence-corrected chi connectivity index (χ3v) is 16.7. The van der Waals surface area contributed by atoms with Crippen LogP contribution in [0.1, 0.15) is 91.0 Å². The number of unbranched alkanes of at least 4 members (excludes halogenated alkanes) is 3. The highest BCUT2D eigenvalue weighted by molar-refractivity contribution is 7.99. The van der Waals surface area contributed by atoms with E-state index in [4.69, 9.17) is 10.5 Å². The summed E-state index contributed by atoms with van der Waals surface area (Å²) >= 11 is 1.13. The maximum atomic E-state index is 14.9. The summed E-state index contributed by atoms with van der Waals surface area (Å²) in [6.45, 7) is 5.02. The highest BCUT2D eigenvalue weighted by atomic mass is 32.2. The van der Waals surface area contributed by atoms with Gasteiger partial charge in [-0.05, 0) is 56.2 Å². The fourth-order valence-electron chi connectivity index (χ4n) is 10.2. The number of carbonyl (C=O) groups is 12. The summed E-state index contributed by atoms with van der Waals surface area (Å²) < 4.78 is 7.59. The second-order valence-electron chi connectivity index (χ2n) is 21.5. The molecule has 0 saturated carbocycles. The van der Waals surface area contributed by atoms with Crippen molar-refractivity contribution >= 4 is 93.6 Å². The van der Waals surface area contributed by atoms with Crippen LogP contribution in [0.25, 0.3) is 10.9 Å². The highest BCUT2D eigenvalue weighted by Gasteiger charge is 2.45. The first-order valence-electron chi connectivity index (χ1n) is 28.1. The average Bonchev–Trinajstić information content (AvgIpc) is 3.32. The normalized spacial score (nSPS) is 24.7. The highest BCUT2D eigenvalue weighted by Crippen LogP contribution is 2.38. The van der Waals surface area contributed by atoms with Crippen LogP contribution < -0.4 is 53.0 Å². The SMILES string of the molecule is CC[C@H](C)[C@@H]1NC(=O)CNC(=O)[C@@H]2Cc3c(n(CCCCNC(=O)CCCCCN4C(=O)C=CC4=O)c4cc(OC)ccc34)SC[C@H](CNC(=O)CNC1=O)C(=O)N[C@@H](CC(N)=O)C(=O)N1C[C@H](O)CC1C(=O)N[C@H]([C@@H](C)[C@H](C)O)C(=O)N2. The molecule has 6 rings (SSSR count). The zero-order valence-electron chi connectivity index (χ0n) is 47.4. The van der Waals surface area contributed by atoms with E-state index in [1.807, 2.05) is 4.57 Å². The van der Waals surface area contributed by atoms with Gasteiger partial charge >= 0.3 is 0 Å². The molecule has 4 aliphatic rings. The minimum Gasteiger partial charge on any atom is -0.497 e. The van der Waals surface area contributed by atoms with Crippen molar-refractivity contribution in [1.82, 2.24) is 56.9 Å². The van der Waals surface area contributed by atoms with Gasteiger partial charge < -0.3 is 72.7 Å². The lowest BCUT2D eigenvalue weighted by atomic mass is 9.94. The third kappa shape index (κ3) is 17.2. The van der Waals surface area contributed by atoms with E-state index in [9.17, 15) is 67.7 Å². The smallest absolute Gasteiger partial charge is 0.253 e. The number of hydrogen-bond acceptors (Lipinski definition) is 16. The molecule has 5 heterocycles. The summed E-state index contributed by atoms with van der Waals surface area (Å²) in [4.78, 5) is 166. The van der Waals surface area contributed by atoms with Crippen molar-refractivity contribution in [2.24, 2.45) is 23.5 Å². The van der Waals surface area contributed by atoms with Crippen molar-refractivity contribution in [3.8, 4) is 5.75 Å². The number of nitrogens with two attached hydrogens (primary N) is 1. The van der Waals surface area contributed by atoms with Crippen molar-refractivity contribution in [3.63, 3.8) is 0 Å². The van der Waals surface area contributed by atoms with Crippen molar-refractivity contribution in [1.29, 1.82) is 0 Å². The third-order valence-electron chi connectivity index (χ3n) is 15.4. The van der Waals surface area contributed by atoms with E-state index in [1.54, 1.807) is 32.0 Å². The Bertz CT molecular complexity index is 2810. The van der Waals surface area contributed by atoms with Gasteiger partial charge in [0.25, 0.3) is 11.8 Å². The molecule has 28 heteroatoms. The number of aliphatic hydroxyl groups is 2. The van der Waals surface area contributed by atoms with Crippen LogP contribution in [0.3, 0.4) is 0 Å². The fraction of sp³-hybridized carbons (Fsp3) is 0.600. The van der Waals surface area contributed by atoms with E-state index < -0.39 is 146 Å². The second kappa shape index (κ2) is 30.1. The zero-order chi connectivity index (χ0) is 60.7. The molecule has 0 radical (unpaired) electrons. The Morgan fingerprint density at radius 1 is 0.807 bits per heavy atom. The van der Waals surface area contributed by atoms with Crippen LogP contribution in [0.15, 0.2) is 35.4 Å². The van der Waals surface area contributed by atoms with Gasteiger partial charge in [-0.25, -0.2) is 0 Å². The molecule has 1 saturated heterocycles. The standard InChI is InChI=1S/C55H78N12O15S/c1-6-29(2)47-52(79)60-25-43(72)58-24-32-28-83-55-36(35-14-13-34(82-5)21-39(35)65(55)18-11-9-17-57-42(71)12-8-7-10-19-66-45(74)15-16-46(66)75)22-37(50(77)59-26-44(73)63-47)61-53(80)48(30(3)31(4)68)64-51(78)40-20-33(69)27-67(40)54(81)38(23-41(56)70)62-49(32)76/h13-16,21,29-33,37-38,40,47-48,68-69H,6-12,17-20,22-28H2,1-5H3,(H2,56,70)(H,57,71)(H,58,72)(H,59,77)(H,60,79)(H,61,80)(H,62,76)(H,63,73)(H,64,78)/t29-,30-,31-,32-,33+,37-,38-,40?,47-,48+/m0/s1. The van der Waals surface area contributed by atoms with Gasteiger partial charge in [0.2, 0.25) is 59.1 Å². The first kappa shape index (κ1) is 64.6. The molecule has 0 aliphatic carbocycles. The van der Waals surface area contributed by atoms with Crippen molar-refractivity contribution in [2.75, 3.05) is 52.1 Å². The van der Waals surface area contributed by atoms with Gasteiger partial charge in [-0.2, -0.15) is 0 Å². The average molecular weight is 1180 g/mol. The van der Waals surface area contributed by atoms with Crippen LogP contribution in [0, 0.1) is 17.8 Å². The predicted octanol–water partition coefficient (Wildman–Crippen LogP) is -2.50. The van der Waals surface area contributed by atoms with Gasteiger partial charge in [-0.3, -0.25) is 62.4 Å². The molecule has 83 heavy (non-hydrogen) atoms. The number of rotatable bonds is 18. The molecular formula is C55H78N12O15S. The number of methoxy groups -OCH3 is 1. The maximum absolute atomic E-state index is 14.9. The van der Waals surface area contributed by atoms with E-state index in [0.29, 0.717) is 65.8 Å². The first-order valence-corrected chi connectivity index (χ1v) is 29.1. The number of primary amides is 1. The molecule has 12 amide bonds. The molecule has 2 aromatic rings. The predicted molar refractivity (Wildman–Crippen MR) is 300 cm³/mol. The molecule has 2 bridgehead atoms. The number of aromatic nitrogens is 1. The van der Waals surface area contributed by atoms with Gasteiger partial charge in [-0.1, -0.05) is 33.6 Å². The van der Waals surface area contributed by atoms with Gasteiger partial charge in [0.05, 0.1) is 55.3 Å². The van der Waals surface area contributed by atoms with E-state index >= 15 is 0 Å². The Hall–Kier alpha value is -7.59. The number of amides is 12. The first-order chi connectivity index (χ1) is 39.5. The molecular weight excluding hydrogens is 1100 g/mol. The summed E-state index contributed by atoms with van der Waals surface area (Å²) in [6.07, 6.45) is 1.74. The van der Waals surface area contributed by atoms with Crippen LogP contribution >= 0.6 is 11.8 Å². The number of aryl methyl sites for hydroxylation is 1. The lowest BCUT2D eigenvalue weighted by Crippen LogP contribution is -2.61. The van der Waals surface area contributed by atoms with Crippen molar-refractivity contribution < 1.29 is 72.5 Å². The van der Waals surface area contributed by atoms with Crippen molar-refractivity contribution in [2.45, 2.75) is 146 Å². The minimum atomic E-state index is -1.70.